The number of carbonyl (C=O) groups excluding carboxylic acids is 3. The molecule has 132 valence electrons. The molecule has 0 aliphatic carbocycles. The van der Waals surface area contributed by atoms with Crippen LogP contribution in [0.2, 0.25) is 5.02 Å². The summed E-state index contributed by atoms with van der Waals surface area (Å²) in [6.45, 7) is 3.60. The molecule has 26 heavy (non-hydrogen) atoms. The maximum atomic E-state index is 12.9. The lowest BCUT2D eigenvalue weighted by atomic mass is 10.0. The van der Waals surface area contributed by atoms with E-state index in [0.29, 0.717) is 16.3 Å². The number of amides is 4. The molecule has 1 heterocycles. The summed E-state index contributed by atoms with van der Waals surface area (Å²) in [4.78, 5) is 38.2. The van der Waals surface area contributed by atoms with Gasteiger partial charge in [0.1, 0.15) is 11.3 Å². The number of benzene rings is 2. The van der Waals surface area contributed by atoms with Crippen LogP contribution < -0.4 is 10.2 Å². The molecule has 0 atom stereocenters. The van der Waals surface area contributed by atoms with Crippen LogP contribution >= 0.6 is 11.6 Å². The average molecular weight is 371 g/mol. The quantitative estimate of drug-likeness (QED) is 0.627. The molecule has 3 rings (SSSR count). The van der Waals surface area contributed by atoms with Crippen molar-refractivity contribution in [3.05, 3.63) is 63.7 Å². The van der Waals surface area contributed by atoms with E-state index in [4.69, 9.17) is 11.6 Å². The predicted molar refractivity (Wildman–Crippen MR) is 98.0 cm³/mol. The molecule has 1 saturated heterocycles. The number of aryl methyl sites for hydroxylation is 2. The molecule has 0 aromatic heterocycles. The lowest BCUT2D eigenvalue weighted by Gasteiger charge is -2.27. The van der Waals surface area contributed by atoms with Gasteiger partial charge in [-0.3, -0.25) is 14.9 Å². The highest BCUT2D eigenvalue weighted by atomic mass is 35.5. The molecular formula is C19H15ClN2O4. The topological polar surface area (TPSA) is 86.7 Å². The van der Waals surface area contributed by atoms with Gasteiger partial charge in [0.05, 0.1) is 5.69 Å². The molecule has 0 radical (unpaired) electrons. The Morgan fingerprint density at radius 1 is 1.08 bits per heavy atom. The van der Waals surface area contributed by atoms with E-state index >= 15 is 0 Å². The first-order valence-corrected chi connectivity index (χ1v) is 8.13. The van der Waals surface area contributed by atoms with E-state index in [1.54, 1.807) is 19.1 Å². The number of anilines is 1. The van der Waals surface area contributed by atoms with E-state index < -0.39 is 17.8 Å². The molecular weight excluding hydrogens is 356 g/mol. The van der Waals surface area contributed by atoms with E-state index in [9.17, 15) is 19.5 Å². The lowest BCUT2D eigenvalue weighted by molar-refractivity contribution is -0.122. The van der Waals surface area contributed by atoms with Crippen molar-refractivity contribution in [1.82, 2.24) is 5.32 Å². The van der Waals surface area contributed by atoms with Crippen LogP contribution in [0.5, 0.6) is 5.75 Å². The zero-order valence-electron chi connectivity index (χ0n) is 14.0. The van der Waals surface area contributed by atoms with Crippen molar-refractivity contribution in [2.24, 2.45) is 0 Å². The number of carbonyl (C=O) groups is 3. The number of nitrogens with one attached hydrogen (secondary N) is 1. The van der Waals surface area contributed by atoms with Gasteiger partial charge in [-0.05, 0) is 55.3 Å². The van der Waals surface area contributed by atoms with Crippen molar-refractivity contribution >= 4 is 41.2 Å². The minimum atomic E-state index is -0.832. The number of aromatic hydroxyl groups is 1. The number of hydrogen-bond acceptors (Lipinski definition) is 4. The summed E-state index contributed by atoms with van der Waals surface area (Å²) >= 11 is 5.90. The number of halogens is 1. The molecule has 2 N–H and O–H groups in total. The first-order chi connectivity index (χ1) is 12.3. The van der Waals surface area contributed by atoms with Gasteiger partial charge >= 0.3 is 6.03 Å². The average Bonchev–Trinajstić information content (AvgIpc) is 2.57. The largest absolute Gasteiger partial charge is 0.507 e. The zero-order valence-corrected chi connectivity index (χ0v) is 14.8. The Morgan fingerprint density at radius 2 is 1.81 bits per heavy atom. The molecule has 4 amide bonds. The fraction of sp³-hybridized carbons (Fsp3) is 0.105. The van der Waals surface area contributed by atoms with Crippen molar-refractivity contribution < 1.29 is 19.5 Å². The smallest absolute Gasteiger partial charge is 0.335 e. The molecule has 0 spiro atoms. The predicted octanol–water partition coefficient (Wildman–Crippen LogP) is 3.33. The fourth-order valence-electron chi connectivity index (χ4n) is 2.63. The van der Waals surface area contributed by atoms with Gasteiger partial charge in [0.25, 0.3) is 11.8 Å². The SMILES string of the molecule is Cc1ccc(C)c(N2C(=O)NC(=O)/C(=C\c3cc(Cl)ccc3O)C2=O)c1. The number of nitrogens with zero attached hydrogens (tertiary/aromatic N) is 1. The Labute approximate surface area is 154 Å². The van der Waals surface area contributed by atoms with Gasteiger partial charge in [-0.2, -0.15) is 0 Å². The summed E-state index contributed by atoms with van der Waals surface area (Å²) in [6.07, 6.45) is 1.21. The fourth-order valence-corrected chi connectivity index (χ4v) is 2.81. The number of phenols is 1. The van der Waals surface area contributed by atoms with Crippen molar-refractivity contribution in [3.8, 4) is 5.75 Å². The second-order valence-electron chi connectivity index (χ2n) is 5.95. The van der Waals surface area contributed by atoms with Gasteiger partial charge in [-0.25, -0.2) is 9.69 Å². The molecule has 7 heteroatoms. The molecule has 1 aliphatic heterocycles. The summed E-state index contributed by atoms with van der Waals surface area (Å²) in [6, 6.07) is 8.77. The molecule has 2 aromatic carbocycles. The Kier molecular flexibility index (Phi) is 4.52. The number of rotatable bonds is 2. The standard InChI is InChI=1S/C19H15ClN2O4/c1-10-3-4-11(2)15(7-10)22-18(25)14(17(24)21-19(22)26)9-12-8-13(20)5-6-16(12)23/h3-9,23H,1-2H3,(H,21,24,26)/b14-9+. The Balaban J connectivity index is 2.10. The minimum absolute atomic E-state index is 0.141. The number of urea groups is 1. The lowest BCUT2D eigenvalue weighted by Crippen LogP contribution is -2.54. The maximum Gasteiger partial charge on any atom is 0.335 e. The Hall–Kier alpha value is -3.12. The van der Waals surface area contributed by atoms with E-state index in [0.717, 1.165) is 10.5 Å². The van der Waals surface area contributed by atoms with Gasteiger partial charge in [0, 0.05) is 10.6 Å². The second-order valence-corrected chi connectivity index (χ2v) is 6.39. The van der Waals surface area contributed by atoms with Crippen molar-refractivity contribution in [1.29, 1.82) is 0 Å². The summed E-state index contributed by atoms with van der Waals surface area (Å²) in [5.74, 6) is -1.74. The van der Waals surface area contributed by atoms with Gasteiger partial charge in [0.2, 0.25) is 0 Å². The number of hydrogen-bond donors (Lipinski definition) is 2. The Bertz CT molecular complexity index is 981. The third kappa shape index (κ3) is 3.19. The molecule has 1 fully saturated rings. The monoisotopic (exact) mass is 370 g/mol. The van der Waals surface area contributed by atoms with Crippen LogP contribution in [-0.4, -0.2) is 23.0 Å². The van der Waals surface area contributed by atoms with Crippen molar-refractivity contribution in [3.63, 3.8) is 0 Å². The molecule has 1 aliphatic rings. The van der Waals surface area contributed by atoms with Crippen LogP contribution in [0.4, 0.5) is 10.5 Å². The summed E-state index contributed by atoms with van der Waals surface area (Å²) < 4.78 is 0. The molecule has 0 unspecified atom stereocenters. The molecule has 0 saturated carbocycles. The van der Waals surface area contributed by atoms with Crippen molar-refractivity contribution in [2.75, 3.05) is 4.90 Å². The minimum Gasteiger partial charge on any atom is -0.507 e. The molecule has 0 bridgehead atoms. The van der Waals surface area contributed by atoms with Gasteiger partial charge in [0.15, 0.2) is 0 Å². The van der Waals surface area contributed by atoms with E-state index in [-0.39, 0.29) is 16.9 Å². The van der Waals surface area contributed by atoms with Gasteiger partial charge in [-0.1, -0.05) is 23.7 Å². The summed E-state index contributed by atoms with van der Waals surface area (Å²) in [5.41, 5.74) is 1.88. The zero-order chi connectivity index (χ0) is 19.0. The number of barbiturate groups is 1. The van der Waals surface area contributed by atoms with E-state index in [1.807, 2.05) is 13.0 Å². The Morgan fingerprint density at radius 3 is 2.54 bits per heavy atom. The van der Waals surface area contributed by atoms with Gasteiger partial charge in [-0.15, -0.1) is 0 Å². The van der Waals surface area contributed by atoms with Crippen molar-refractivity contribution in [2.45, 2.75) is 13.8 Å². The van der Waals surface area contributed by atoms with Crippen LogP contribution in [0.25, 0.3) is 6.08 Å². The summed E-state index contributed by atoms with van der Waals surface area (Å²) in [7, 11) is 0. The van der Waals surface area contributed by atoms with Crippen LogP contribution in [0.3, 0.4) is 0 Å². The highest BCUT2D eigenvalue weighted by molar-refractivity contribution is 6.39. The van der Waals surface area contributed by atoms with E-state index in [2.05, 4.69) is 5.32 Å². The first-order valence-electron chi connectivity index (χ1n) is 7.75. The van der Waals surface area contributed by atoms with E-state index in [1.165, 1.54) is 24.3 Å². The van der Waals surface area contributed by atoms with Crippen LogP contribution in [-0.2, 0) is 9.59 Å². The second kappa shape index (κ2) is 6.65. The highest BCUT2D eigenvalue weighted by Crippen LogP contribution is 2.28. The first kappa shape index (κ1) is 17.7. The number of imide groups is 2. The van der Waals surface area contributed by atoms with Crippen LogP contribution in [0, 0.1) is 13.8 Å². The van der Waals surface area contributed by atoms with Crippen LogP contribution in [0.1, 0.15) is 16.7 Å². The number of phenolic OH excluding ortho intramolecular Hbond substituents is 1. The summed E-state index contributed by atoms with van der Waals surface area (Å²) in [5, 5.41) is 12.4. The van der Waals surface area contributed by atoms with Crippen LogP contribution in [0.15, 0.2) is 42.0 Å². The third-order valence-electron chi connectivity index (χ3n) is 4.00. The normalized spacial score (nSPS) is 16.2. The highest BCUT2D eigenvalue weighted by Gasteiger charge is 2.37. The van der Waals surface area contributed by atoms with Gasteiger partial charge < -0.3 is 5.11 Å². The third-order valence-corrected chi connectivity index (χ3v) is 4.23. The molecule has 6 nitrogen and oxygen atoms in total. The maximum absolute atomic E-state index is 12.9. The molecule has 2 aromatic rings.